The highest BCUT2D eigenvalue weighted by Gasteiger charge is 2.34. The van der Waals surface area contributed by atoms with Gasteiger partial charge in [-0.2, -0.15) is 0 Å². The fourth-order valence-electron chi connectivity index (χ4n) is 6.09. The van der Waals surface area contributed by atoms with E-state index in [-0.39, 0.29) is 12.2 Å². The Balaban J connectivity index is 1.64. The molecule has 2 unspecified atom stereocenters. The number of nitrogens with zero attached hydrogens (tertiary/aromatic N) is 2. The van der Waals surface area contributed by atoms with Crippen molar-refractivity contribution >= 4 is 16.9 Å². The van der Waals surface area contributed by atoms with E-state index in [9.17, 15) is 14.7 Å². The number of fused-ring (bicyclic) bond motifs is 2. The Hall–Kier alpha value is -2.42. The Labute approximate surface area is 213 Å². The fourth-order valence-corrected chi connectivity index (χ4v) is 6.09. The van der Waals surface area contributed by atoms with Crippen molar-refractivity contribution in [3.8, 4) is 5.75 Å². The molecular weight excluding hydrogens is 460 g/mol. The predicted molar refractivity (Wildman–Crippen MR) is 138 cm³/mol. The highest BCUT2D eigenvalue weighted by molar-refractivity contribution is 5.87. The van der Waals surface area contributed by atoms with Crippen molar-refractivity contribution in [1.29, 1.82) is 0 Å². The molecule has 8 nitrogen and oxygen atoms in total. The molecule has 2 aromatic rings. The molecule has 2 saturated heterocycles. The molecule has 8 heteroatoms. The lowest BCUT2D eigenvalue weighted by Gasteiger charge is -2.45. The van der Waals surface area contributed by atoms with Gasteiger partial charge in [0.05, 0.1) is 24.7 Å². The van der Waals surface area contributed by atoms with Crippen LogP contribution in [0.1, 0.15) is 55.2 Å². The number of carbonyl (C=O) groups excluding carboxylic acids is 1. The molecule has 1 N–H and O–H groups in total. The number of hydrogen-bond acceptors (Lipinski definition) is 8. The van der Waals surface area contributed by atoms with Gasteiger partial charge in [-0.05, 0) is 75.7 Å². The minimum absolute atomic E-state index is 0.116. The molecule has 4 rings (SSSR count). The van der Waals surface area contributed by atoms with Gasteiger partial charge in [-0.25, -0.2) is 4.79 Å². The second-order valence-electron chi connectivity index (χ2n) is 10.3. The molecule has 2 aliphatic rings. The lowest BCUT2D eigenvalue weighted by Crippen LogP contribution is -2.51. The summed E-state index contributed by atoms with van der Waals surface area (Å²) >= 11 is 0. The Morgan fingerprint density at radius 3 is 2.75 bits per heavy atom. The van der Waals surface area contributed by atoms with Crippen molar-refractivity contribution in [3.05, 3.63) is 39.2 Å². The van der Waals surface area contributed by atoms with E-state index in [4.69, 9.17) is 13.9 Å². The monoisotopic (exact) mass is 500 g/mol. The second-order valence-corrected chi connectivity index (χ2v) is 10.3. The van der Waals surface area contributed by atoms with Crippen molar-refractivity contribution in [2.24, 2.45) is 5.92 Å². The number of rotatable bonds is 10. The third-order valence-corrected chi connectivity index (χ3v) is 8.01. The smallest absolute Gasteiger partial charge is 0.340 e. The number of hydrogen-bond donors (Lipinski definition) is 1. The van der Waals surface area contributed by atoms with Gasteiger partial charge in [-0.1, -0.05) is 6.42 Å². The summed E-state index contributed by atoms with van der Waals surface area (Å²) in [5.41, 5.74) is 1.43. The molecule has 0 saturated carbocycles. The Morgan fingerprint density at radius 1 is 1.17 bits per heavy atom. The van der Waals surface area contributed by atoms with E-state index in [1.54, 1.807) is 19.2 Å². The van der Waals surface area contributed by atoms with Gasteiger partial charge in [0, 0.05) is 44.8 Å². The number of esters is 1. The molecule has 3 heterocycles. The maximum absolute atomic E-state index is 12.8. The van der Waals surface area contributed by atoms with Gasteiger partial charge in [0.1, 0.15) is 11.3 Å². The molecule has 36 heavy (non-hydrogen) atoms. The number of aromatic hydroxyl groups is 1. The van der Waals surface area contributed by atoms with Gasteiger partial charge in [-0.15, -0.1) is 0 Å². The van der Waals surface area contributed by atoms with E-state index in [0.29, 0.717) is 47.4 Å². The molecule has 0 amide bonds. The molecule has 0 aliphatic carbocycles. The second kappa shape index (κ2) is 12.2. The number of methoxy groups -OCH3 is 2. The number of benzene rings is 1. The van der Waals surface area contributed by atoms with Crippen molar-refractivity contribution in [2.45, 2.75) is 64.5 Å². The highest BCUT2D eigenvalue weighted by Crippen LogP contribution is 2.34. The van der Waals surface area contributed by atoms with Gasteiger partial charge in [0.2, 0.25) is 0 Å². The largest absolute Gasteiger partial charge is 0.507 e. The number of carbonyl (C=O) groups is 1. The summed E-state index contributed by atoms with van der Waals surface area (Å²) in [4.78, 5) is 29.7. The minimum atomic E-state index is -0.562. The van der Waals surface area contributed by atoms with E-state index < -0.39 is 11.6 Å². The van der Waals surface area contributed by atoms with Crippen LogP contribution in [0.5, 0.6) is 5.75 Å². The van der Waals surface area contributed by atoms with Gasteiger partial charge >= 0.3 is 11.6 Å². The molecule has 0 spiro atoms. The highest BCUT2D eigenvalue weighted by atomic mass is 16.5. The van der Waals surface area contributed by atoms with Gasteiger partial charge < -0.3 is 23.9 Å². The first-order valence-electron chi connectivity index (χ1n) is 13.2. The summed E-state index contributed by atoms with van der Waals surface area (Å²) in [5.74, 6) is 0.210. The molecule has 198 valence electrons. The number of phenolic OH excluding ortho intramolecular Hbond substituents is 1. The average molecular weight is 501 g/mol. The molecule has 1 aromatic carbocycles. The molecule has 1 aromatic heterocycles. The van der Waals surface area contributed by atoms with Crippen LogP contribution in [0.2, 0.25) is 0 Å². The zero-order valence-electron chi connectivity index (χ0n) is 21.9. The van der Waals surface area contributed by atoms with E-state index in [1.807, 2.05) is 6.92 Å². The van der Waals surface area contributed by atoms with Crippen LogP contribution in [0.15, 0.2) is 21.3 Å². The summed E-state index contributed by atoms with van der Waals surface area (Å²) in [6.07, 6.45) is 7.03. The molecular formula is C28H40N2O6. The van der Waals surface area contributed by atoms with Crippen LogP contribution in [-0.4, -0.2) is 73.9 Å². The Bertz CT molecular complexity index is 1110. The zero-order chi connectivity index (χ0) is 25.7. The van der Waals surface area contributed by atoms with Crippen LogP contribution in [0.25, 0.3) is 11.0 Å². The molecule has 2 fully saturated rings. The number of ether oxygens (including phenoxy) is 2. The lowest BCUT2D eigenvalue weighted by molar-refractivity contribution is -0.139. The van der Waals surface area contributed by atoms with E-state index in [0.717, 1.165) is 24.9 Å². The van der Waals surface area contributed by atoms with Gasteiger partial charge in [-0.3, -0.25) is 9.69 Å². The van der Waals surface area contributed by atoms with Gasteiger partial charge in [0.25, 0.3) is 0 Å². The topological polar surface area (TPSA) is 92.4 Å². The van der Waals surface area contributed by atoms with Crippen LogP contribution >= 0.6 is 0 Å². The van der Waals surface area contributed by atoms with E-state index in [2.05, 4.69) is 9.80 Å². The number of aryl methyl sites for hydroxylation is 1. The summed E-state index contributed by atoms with van der Waals surface area (Å²) < 4.78 is 15.8. The van der Waals surface area contributed by atoms with Crippen LogP contribution in [0.3, 0.4) is 0 Å². The number of phenols is 1. The third-order valence-electron chi connectivity index (χ3n) is 8.01. The molecule has 0 radical (unpaired) electrons. The quantitative estimate of drug-likeness (QED) is 0.300. The van der Waals surface area contributed by atoms with Crippen LogP contribution in [-0.2, 0) is 27.2 Å². The normalized spacial score (nSPS) is 20.6. The summed E-state index contributed by atoms with van der Waals surface area (Å²) in [6, 6.07) is 4.03. The van der Waals surface area contributed by atoms with Crippen LogP contribution in [0, 0.1) is 12.8 Å². The summed E-state index contributed by atoms with van der Waals surface area (Å²) in [6.45, 7) is 7.13. The first-order chi connectivity index (χ1) is 17.4. The predicted octanol–water partition coefficient (Wildman–Crippen LogP) is 3.63. The van der Waals surface area contributed by atoms with Crippen molar-refractivity contribution in [1.82, 2.24) is 9.80 Å². The Kier molecular flexibility index (Phi) is 9.04. The average Bonchev–Trinajstić information content (AvgIpc) is 2.88. The van der Waals surface area contributed by atoms with Crippen molar-refractivity contribution < 1.29 is 23.8 Å². The molecule has 0 bridgehead atoms. The SMILES string of the molecule is COCCCN(Cc1c(O)ccc2c(C)c(CC(=O)OC)c(=O)oc12)CC1CCCN2CCCCC12. The zero-order valence-corrected chi connectivity index (χ0v) is 21.9. The first-order valence-corrected chi connectivity index (χ1v) is 13.2. The minimum Gasteiger partial charge on any atom is -0.507 e. The van der Waals surface area contributed by atoms with E-state index in [1.165, 1.54) is 52.3 Å². The Morgan fingerprint density at radius 2 is 1.97 bits per heavy atom. The standard InChI is InChI=1S/C28H40N2O6/c1-19-21-10-11-25(31)23(27(21)36-28(33)22(19)16-26(32)35-3)18-29(12-7-15-34-2)17-20-8-6-14-30-13-5-4-9-24(20)30/h10-11,20,24,31H,4-9,12-18H2,1-3H3. The summed E-state index contributed by atoms with van der Waals surface area (Å²) in [7, 11) is 3.01. The van der Waals surface area contributed by atoms with Crippen molar-refractivity contribution in [2.75, 3.05) is 47.0 Å². The van der Waals surface area contributed by atoms with Gasteiger partial charge in [0.15, 0.2) is 0 Å². The van der Waals surface area contributed by atoms with E-state index >= 15 is 0 Å². The molecule has 2 aliphatic heterocycles. The first kappa shape index (κ1) is 26.6. The van der Waals surface area contributed by atoms with Crippen LogP contribution < -0.4 is 5.63 Å². The maximum Gasteiger partial charge on any atom is 0.340 e. The third kappa shape index (κ3) is 5.93. The fraction of sp³-hybridized carbons (Fsp3) is 0.643. The number of piperidine rings is 2. The van der Waals surface area contributed by atoms with Crippen molar-refractivity contribution in [3.63, 3.8) is 0 Å². The lowest BCUT2D eigenvalue weighted by atomic mass is 9.83. The van der Waals surface area contributed by atoms with Crippen LogP contribution in [0.4, 0.5) is 0 Å². The molecule has 2 atom stereocenters. The summed E-state index contributed by atoms with van der Waals surface area (Å²) in [5, 5.41) is 11.6. The maximum atomic E-state index is 12.8.